The molecule has 0 saturated heterocycles. The Morgan fingerprint density at radius 3 is 3.00 bits per heavy atom. The molecule has 4 heteroatoms. The average Bonchev–Trinajstić information content (AvgIpc) is 2.10. The van der Waals surface area contributed by atoms with E-state index in [0.717, 1.165) is 0 Å². The molecule has 0 saturated carbocycles. The van der Waals surface area contributed by atoms with E-state index >= 15 is 0 Å². The third-order valence-corrected chi connectivity index (χ3v) is 1.09. The summed E-state index contributed by atoms with van der Waals surface area (Å²) < 4.78 is 5.00. The smallest absolute Gasteiger partial charge is 0.243 e. The van der Waals surface area contributed by atoms with Gasteiger partial charge in [-0.1, -0.05) is 6.58 Å². The van der Waals surface area contributed by atoms with Gasteiger partial charge in [-0.05, 0) is 6.08 Å². The van der Waals surface area contributed by atoms with Crippen molar-refractivity contribution in [3.63, 3.8) is 0 Å². The predicted molar refractivity (Wildman–Crippen MR) is 44.3 cm³/mol. The molecular formula is C8H12N2O2. The minimum Gasteiger partial charge on any atom is -0.379 e. The molecule has 0 bridgehead atoms. The normalized spacial score (nSPS) is 8.58. The molecule has 1 amide bonds. The molecule has 0 aromatic rings. The molecule has 0 spiro atoms. The Hall–Kier alpha value is -1.34. The first-order chi connectivity index (χ1) is 5.81. The van der Waals surface area contributed by atoms with Crippen LogP contribution in [0, 0.1) is 11.3 Å². The molecule has 0 unspecified atom stereocenters. The number of nitrogens with one attached hydrogen (secondary N) is 1. The highest BCUT2D eigenvalue weighted by Gasteiger charge is 1.91. The quantitative estimate of drug-likeness (QED) is 0.456. The van der Waals surface area contributed by atoms with Crippen LogP contribution >= 0.6 is 0 Å². The molecule has 1 N–H and O–H groups in total. The van der Waals surface area contributed by atoms with Crippen molar-refractivity contribution in [1.29, 1.82) is 5.26 Å². The maximum Gasteiger partial charge on any atom is 0.243 e. The molecule has 0 aliphatic heterocycles. The molecule has 0 aromatic heterocycles. The van der Waals surface area contributed by atoms with Crippen LogP contribution in [0.25, 0.3) is 0 Å². The molecule has 0 rings (SSSR count). The van der Waals surface area contributed by atoms with E-state index in [1.165, 1.54) is 6.08 Å². The molecule has 0 heterocycles. The van der Waals surface area contributed by atoms with E-state index in [0.29, 0.717) is 26.2 Å². The summed E-state index contributed by atoms with van der Waals surface area (Å²) >= 11 is 0. The van der Waals surface area contributed by atoms with Crippen molar-refractivity contribution in [1.82, 2.24) is 5.32 Å². The Bertz CT molecular complexity index is 184. The van der Waals surface area contributed by atoms with E-state index in [1.54, 1.807) is 0 Å². The zero-order valence-corrected chi connectivity index (χ0v) is 6.88. The van der Waals surface area contributed by atoms with Gasteiger partial charge >= 0.3 is 0 Å². The molecule has 4 nitrogen and oxygen atoms in total. The zero-order valence-electron chi connectivity index (χ0n) is 6.88. The van der Waals surface area contributed by atoms with Crippen molar-refractivity contribution in [3.8, 4) is 6.07 Å². The lowest BCUT2D eigenvalue weighted by atomic mass is 10.5. The second kappa shape index (κ2) is 7.76. The molecule has 0 aromatic carbocycles. The first-order valence-corrected chi connectivity index (χ1v) is 3.66. The Kier molecular flexibility index (Phi) is 6.90. The molecular weight excluding hydrogens is 156 g/mol. The van der Waals surface area contributed by atoms with Crippen LogP contribution < -0.4 is 5.32 Å². The topological polar surface area (TPSA) is 62.1 Å². The second-order valence-electron chi connectivity index (χ2n) is 2.02. The van der Waals surface area contributed by atoms with Crippen molar-refractivity contribution >= 4 is 5.91 Å². The van der Waals surface area contributed by atoms with Gasteiger partial charge in [0.25, 0.3) is 0 Å². The van der Waals surface area contributed by atoms with Crippen LogP contribution in [0.5, 0.6) is 0 Å². The van der Waals surface area contributed by atoms with Gasteiger partial charge in [0, 0.05) is 6.54 Å². The third kappa shape index (κ3) is 6.78. The standard InChI is InChI=1S/C8H12N2O2/c1-2-8(11)10-5-7-12-6-3-4-9/h2H,1,3,5-7H2,(H,10,11). The highest BCUT2D eigenvalue weighted by Crippen LogP contribution is 1.78. The van der Waals surface area contributed by atoms with E-state index in [2.05, 4.69) is 11.9 Å². The number of ether oxygens (including phenoxy) is 1. The summed E-state index contributed by atoms with van der Waals surface area (Å²) in [5.41, 5.74) is 0. The van der Waals surface area contributed by atoms with Gasteiger partial charge < -0.3 is 10.1 Å². The summed E-state index contributed by atoms with van der Waals surface area (Å²) in [5.74, 6) is -0.209. The van der Waals surface area contributed by atoms with Crippen LogP contribution in [0.3, 0.4) is 0 Å². The summed E-state index contributed by atoms with van der Waals surface area (Å²) in [6, 6.07) is 1.95. The fraction of sp³-hybridized carbons (Fsp3) is 0.500. The number of hydrogen-bond donors (Lipinski definition) is 1. The van der Waals surface area contributed by atoms with Gasteiger partial charge in [-0.15, -0.1) is 0 Å². The van der Waals surface area contributed by atoms with Crippen molar-refractivity contribution in [2.24, 2.45) is 0 Å². The summed E-state index contributed by atoms with van der Waals surface area (Å²) in [6.07, 6.45) is 1.59. The number of amides is 1. The Morgan fingerprint density at radius 1 is 1.67 bits per heavy atom. The number of nitriles is 1. The molecule has 0 aliphatic carbocycles. The SMILES string of the molecule is C=CC(=O)NCCOCCC#N. The van der Waals surface area contributed by atoms with Crippen molar-refractivity contribution in [3.05, 3.63) is 12.7 Å². The first kappa shape index (κ1) is 10.7. The van der Waals surface area contributed by atoms with Crippen LogP contribution in [-0.2, 0) is 9.53 Å². The Balaban J connectivity index is 3.06. The molecule has 0 atom stereocenters. The summed E-state index contributed by atoms with van der Waals surface area (Å²) in [4.78, 5) is 10.6. The van der Waals surface area contributed by atoms with Gasteiger partial charge in [0.2, 0.25) is 5.91 Å². The molecule has 0 fully saturated rings. The molecule has 66 valence electrons. The van der Waals surface area contributed by atoms with Gasteiger partial charge in [-0.25, -0.2) is 0 Å². The Morgan fingerprint density at radius 2 is 2.42 bits per heavy atom. The van der Waals surface area contributed by atoms with Crippen LogP contribution in [0.1, 0.15) is 6.42 Å². The van der Waals surface area contributed by atoms with Gasteiger partial charge in [0.1, 0.15) is 0 Å². The van der Waals surface area contributed by atoms with E-state index in [9.17, 15) is 4.79 Å². The molecule has 0 radical (unpaired) electrons. The number of carbonyl (C=O) groups is 1. The fourth-order valence-electron chi connectivity index (χ4n) is 0.538. The lowest BCUT2D eigenvalue weighted by Gasteiger charge is -2.01. The van der Waals surface area contributed by atoms with Crippen LogP contribution in [-0.4, -0.2) is 25.7 Å². The van der Waals surface area contributed by atoms with Crippen molar-refractivity contribution in [2.45, 2.75) is 6.42 Å². The highest BCUT2D eigenvalue weighted by atomic mass is 16.5. The fourth-order valence-corrected chi connectivity index (χ4v) is 0.538. The summed E-state index contributed by atoms with van der Waals surface area (Å²) in [5, 5.41) is 10.7. The van der Waals surface area contributed by atoms with Gasteiger partial charge in [-0.2, -0.15) is 5.26 Å². The number of carbonyl (C=O) groups excluding carboxylic acids is 1. The summed E-state index contributed by atoms with van der Waals surface area (Å²) in [6.45, 7) is 4.60. The molecule has 0 aliphatic rings. The lowest BCUT2D eigenvalue weighted by molar-refractivity contribution is -0.116. The van der Waals surface area contributed by atoms with Crippen LogP contribution in [0.15, 0.2) is 12.7 Å². The van der Waals surface area contributed by atoms with Crippen LogP contribution in [0.2, 0.25) is 0 Å². The minimum absolute atomic E-state index is 0.209. The largest absolute Gasteiger partial charge is 0.379 e. The zero-order chi connectivity index (χ0) is 9.23. The minimum atomic E-state index is -0.209. The van der Waals surface area contributed by atoms with E-state index in [1.807, 2.05) is 6.07 Å². The first-order valence-electron chi connectivity index (χ1n) is 3.66. The highest BCUT2D eigenvalue weighted by molar-refractivity contribution is 5.86. The molecule has 12 heavy (non-hydrogen) atoms. The lowest BCUT2D eigenvalue weighted by Crippen LogP contribution is -2.25. The second-order valence-corrected chi connectivity index (χ2v) is 2.02. The monoisotopic (exact) mass is 168 g/mol. The summed E-state index contributed by atoms with van der Waals surface area (Å²) in [7, 11) is 0. The van der Waals surface area contributed by atoms with E-state index < -0.39 is 0 Å². The average molecular weight is 168 g/mol. The predicted octanol–water partition coefficient (Wildman–Crippen LogP) is 0.219. The van der Waals surface area contributed by atoms with Crippen molar-refractivity contribution in [2.75, 3.05) is 19.8 Å². The number of rotatable bonds is 6. The maximum absolute atomic E-state index is 10.6. The van der Waals surface area contributed by atoms with Crippen LogP contribution in [0.4, 0.5) is 0 Å². The van der Waals surface area contributed by atoms with Gasteiger partial charge in [0.15, 0.2) is 0 Å². The van der Waals surface area contributed by atoms with E-state index in [-0.39, 0.29) is 5.91 Å². The van der Waals surface area contributed by atoms with E-state index in [4.69, 9.17) is 10.00 Å². The maximum atomic E-state index is 10.6. The van der Waals surface area contributed by atoms with Gasteiger partial charge in [-0.3, -0.25) is 4.79 Å². The van der Waals surface area contributed by atoms with Crippen molar-refractivity contribution < 1.29 is 9.53 Å². The number of hydrogen-bond acceptors (Lipinski definition) is 3. The third-order valence-electron chi connectivity index (χ3n) is 1.09. The van der Waals surface area contributed by atoms with Gasteiger partial charge in [0.05, 0.1) is 25.7 Å². The Labute approximate surface area is 71.8 Å². The number of nitrogens with zero attached hydrogens (tertiary/aromatic N) is 1.